The second kappa shape index (κ2) is 8.70. The van der Waals surface area contributed by atoms with Crippen molar-refractivity contribution in [3.05, 3.63) is 75.0 Å². The molecular weight excluding hydrogens is 404 g/mol. The molecule has 0 aromatic heterocycles. The summed E-state index contributed by atoms with van der Waals surface area (Å²) < 4.78 is 15.5. The van der Waals surface area contributed by atoms with E-state index in [9.17, 15) is 19.7 Å². The molecule has 1 heterocycles. The van der Waals surface area contributed by atoms with E-state index < -0.39 is 16.8 Å². The minimum absolute atomic E-state index is 0.0933. The number of carbonyl (C=O) groups is 2. The van der Waals surface area contributed by atoms with Crippen molar-refractivity contribution >= 4 is 29.3 Å². The van der Waals surface area contributed by atoms with Gasteiger partial charge in [0.15, 0.2) is 0 Å². The molecule has 0 radical (unpaired) electrons. The number of rotatable bonds is 6. The Kier molecular flexibility index (Phi) is 6.05. The maximum Gasteiger partial charge on any atom is 0.340 e. The third-order valence-corrected chi connectivity index (χ3v) is 4.85. The highest BCUT2D eigenvalue weighted by atomic mass is 16.6. The molecule has 0 unspecified atom stereocenters. The molecule has 3 rings (SSSR count). The first-order valence-corrected chi connectivity index (χ1v) is 9.14. The van der Waals surface area contributed by atoms with Crippen LogP contribution < -0.4 is 14.4 Å². The minimum atomic E-state index is -0.677. The zero-order chi connectivity index (χ0) is 22.7. The average Bonchev–Trinajstić information content (AvgIpc) is 3.02. The van der Waals surface area contributed by atoms with Crippen LogP contribution in [0.15, 0.2) is 59.3 Å². The number of carbonyl (C=O) groups excluding carboxylic acids is 2. The van der Waals surface area contributed by atoms with Crippen molar-refractivity contribution in [2.45, 2.75) is 6.92 Å². The maximum atomic E-state index is 13.3. The van der Waals surface area contributed by atoms with Gasteiger partial charge in [0.1, 0.15) is 11.5 Å². The lowest BCUT2D eigenvalue weighted by molar-refractivity contribution is -0.384. The Morgan fingerprint density at radius 3 is 2.29 bits per heavy atom. The zero-order valence-corrected chi connectivity index (χ0v) is 17.4. The summed E-state index contributed by atoms with van der Waals surface area (Å²) in [6.45, 7) is 1.61. The van der Waals surface area contributed by atoms with Crippen LogP contribution in [0, 0.1) is 10.1 Å². The summed E-state index contributed by atoms with van der Waals surface area (Å²) in [6.07, 6.45) is 1.53. The Bertz CT molecular complexity index is 1120. The van der Waals surface area contributed by atoms with Gasteiger partial charge < -0.3 is 14.2 Å². The molecule has 2 aromatic carbocycles. The van der Waals surface area contributed by atoms with Gasteiger partial charge in [-0.15, -0.1) is 0 Å². The molecule has 0 saturated carbocycles. The van der Waals surface area contributed by atoms with Crippen molar-refractivity contribution < 1.29 is 28.7 Å². The van der Waals surface area contributed by atoms with Gasteiger partial charge in [-0.1, -0.05) is 0 Å². The van der Waals surface area contributed by atoms with E-state index in [0.717, 1.165) is 0 Å². The standard InChI is InChI=1S/C22H20N2O7/c1-13-20(22(26)31-4)18(12-14-11-17(29-2)9-10-19(14)30-3)21(25)23(13)15-5-7-16(8-6-15)24(27)28/h5-12H,1-4H3/b18-12-. The van der Waals surface area contributed by atoms with Gasteiger partial charge in [0.25, 0.3) is 11.6 Å². The van der Waals surface area contributed by atoms with Gasteiger partial charge >= 0.3 is 5.97 Å². The lowest BCUT2D eigenvalue weighted by Crippen LogP contribution is -2.24. The molecule has 0 bridgehead atoms. The van der Waals surface area contributed by atoms with E-state index in [1.165, 1.54) is 56.6 Å². The number of methoxy groups -OCH3 is 3. The fourth-order valence-corrected chi connectivity index (χ4v) is 3.32. The molecule has 0 spiro atoms. The topological polar surface area (TPSA) is 108 Å². The van der Waals surface area contributed by atoms with Crippen molar-refractivity contribution in [1.82, 2.24) is 0 Å². The molecule has 0 aliphatic carbocycles. The van der Waals surface area contributed by atoms with E-state index in [1.807, 2.05) is 0 Å². The first kappa shape index (κ1) is 21.6. The number of nitro groups is 1. The summed E-state index contributed by atoms with van der Waals surface area (Å²) in [5.74, 6) is -0.123. The van der Waals surface area contributed by atoms with Gasteiger partial charge in [-0.3, -0.25) is 19.8 Å². The van der Waals surface area contributed by atoms with Crippen LogP contribution in [0.2, 0.25) is 0 Å². The molecule has 0 saturated heterocycles. The van der Waals surface area contributed by atoms with Gasteiger partial charge in [0, 0.05) is 29.1 Å². The van der Waals surface area contributed by atoms with Crippen molar-refractivity contribution in [2.75, 3.05) is 26.2 Å². The lowest BCUT2D eigenvalue weighted by atomic mass is 10.0. The normalized spacial score (nSPS) is 14.8. The van der Waals surface area contributed by atoms with Gasteiger partial charge in [0.2, 0.25) is 0 Å². The Morgan fingerprint density at radius 2 is 1.74 bits per heavy atom. The van der Waals surface area contributed by atoms with E-state index in [4.69, 9.17) is 14.2 Å². The van der Waals surface area contributed by atoms with Crippen LogP contribution in [0.25, 0.3) is 6.08 Å². The highest BCUT2D eigenvalue weighted by molar-refractivity contribution is 6.24. The summed E-state index contributed by atoms with van der Waals surface area (Å²) in [5, 5.41) is 10.9. The van der Waals surface area contributed by atoms with E-state index in [0.29, 0.717) is 28.4 Å². The largest absolute Gasteiger partial charge is 0.497 e. The fraction of sp³-hybridized carbons (Fsp3) is 0.182. The first-order chi connectivity index (χ1) is 14.8. The molecule has 1 aliphatic rings. The highest BCUT2D eigenvalue weighted by Gasteiger charge is 2.38. The molecule has 0 fully saturated rings. The van der Waals surface area contributed by atoms with Crippen LogP contribution in [0.4, 0.5) is 11.4 Å². The van der Waals surface area contributed by atoms with Gasteiger partial charge in [0.05, 0.1) is 37.4 Å². The molecule has 9 nitrogen and oxygen atoms in total. The van der Waals surface area contributed by atoms with Crippen molar-refractivity contribution in [3.8, 4) is 11.5 Å². The monoisotopic (exact) mass is 424 g/mol. The summed E-state index contributed by atoms with van der Waals surface area (Å²) >= 11 is 0. The van der Waals surface area contributed by atoms with Crippen LogP contribution in [0.5, 0.6) is 11.5 Å². The summed E-state index contributed by atoms with van der Waals surface area (Å²) in [5.41, 5.74) is 1.35. The molecular formula is C22H20N2O7. The Hall–Kier alpha value is -4.14. The number of non-ortho nitro benzene ring substituents is 1. The van der Waals surface area contributed by atoms with Crippen molar-refractivity contribution in [1.29, 1.82) is 0 Å². The number of anilines is 1. The maximum absolute atomic E-state index is 13.3. The third-order valence-electron chi connectivity index (χ3n) is 4.85. The zero-order valence-electron chi connectivity index (χ0n) is 17.4. The number of hydrogen-bond donors (Lipinski definition) is 0. The van der Waals surface area contributed by atoms with E-state index in [1.54, 1.807) is 25.1 Å². The number of benzene rings is 2. The molecule has 0 atom stereocenters. The summed E-state index contributed by atoms with van der Waals surface area (Å²) in [4.78, 5) is 37.6. The molecule has 1 aliphatic heterocycles. The summed E-state index contributed by atoms with van der Waals surface area (Å²) in [7, 11) is 4.23. The smallest absolute Gasteiger partial charge is 0.340 e. The van der Waals surface area contributed by atoms with Crippen LogP contribution in [-0.4, -0.2) is 38.1 Å². The van der Waals surface area contributed by atoms with Crippen molar-refractivity contribution in [2.24, 2.45) is 0 Å². The number of hydrogen-bond acceptors (Lipinski definition) is 7. The number of ether oxygens (including phenoxy) is 3. The van der Waals surface area contributed by atoms with E-state index in [2.05, 4.69) is 0 Å². The van der Waals surface area contributed by atoms with Gasteiger partial charge in [-0.05, 0) is 43.3 Å². The number of nitro benzene ring substituents is 1. The molecule has 1 amide bonds. The van der Waals surface area contributed by atoms with Gasteiger partial charge in [-0.2, -0.15) is 0 Å². The minimum Gasteiger partial charge on any atom is -0.497 e. The fourth-order valence-electron chi connectivity index (χ4n) is 3.32. The number of nitrogens with zero attached hydrogens (tertiary/aromatic N) is 2. The molecule has 0 N–H and O–H groups in total. The predicted molar refractivity (Wildman–Crippen MR) is 113 cm³/mol. The Morgan fingerprint density at radius 1 is 1.06 bits per heavy atom. The molecule has 9 heteroatoms. The lowest BCUT2D eigenvalue weighted by Gasteiger charge is -2.17. The third kappa shape index (κ3) is 3.97. The van der Waals surface area contributed by atoms with E-state index in [-0.39, 0.29) is 16.8 Å². The quantitative estimate of drug-likeness (QED) is 0.302. The number of esters is 1. The predicted octanol–water partition coefficient (Wildman–Crippen LogP) is 3.49. The summed E-state index contributed by atoms with van der Waals surface area (Å²) in [6, 6.07) is 10.6. The van der Waals surface area contributed by atoms with E-state index >= 15 is 0 Å². The highest BCUT2D eigenvalue weighted by Crippen LogP contribution is 2.37. The van der Waals surface area contributed by atoms with Gasteiger partial charge in [-0.25, -0.2) is 4.79 Å². The molecule has 31 heavy (non-hydrogen) atoms. The Balaban J connectivity index is 2.15. The second-order valence-electron chi connectivity index (χ2n) is 6.53. The van der Waals surface area contributed by atoms with Crippen LogP contribution in [-0.2, 0) is 14.3 Å². The first-order valence-electron chi connectivity index (χ1n) is 9.14. The van der Waals surface area contributed by atoms with Crippen molar-refractivity contribution in [3.63, 3.8) is 0 Å². The molecule has 160 valence electrons. The van der Waals surface area contributed by atoms with Crippen LogP contribution >= 0.6 is 0 Å². The second-order valence-corrected chi connectivity index (χ2v) is 6.53. The average molecular weight is 424 g/mol. The Labute approximate surface area is 178 Å². The number of allylic oxidation sites excluding steroid dienone is 1. The SMILES string of the molecule is COC(=O)C1=C(C)N(c2ccc([N+](=O)[O-])cc2)C(=O)/C1=C\c1cc(OC)ccc1OC. The van der Waals surface area contributed by atoms with Crippen LogP contribution in [0.3, 0.4) is 0 Å². The molecule has 2 aromatic rings. The van der Waals surface area contributed by atoms with Crippen LogP contribution in [0.1, 0.15) is 12.5 Å². The number of amides is 1.